The van der Waals surface area contributed by atoms with Gasteiger partial charge < -0.3 is 15.8 Å². The highest BCUT2D eigenvalue weighted by atomic mass is 35.5. The molecule has 1 amide bonds. The van der Waals surface area contributed by atoms with Crippen LogP contribution in [-0.4, -0.2) is 37.1 Å². The standard InChI is InChI=1S/C14H19F3N2O2S.ClH/c1-22-8-5-12(18)13(20)19-6-7-21-11-4-2-3-10(9-11)14(15,16)17;/h2-4,9,12H,5-8,18H2,1H3,(H,19,20);1H/t12-;/m0./s1. The van der Waals surface area contributed by atoms with E-state index in [9.17, 15) is 18.0 Å². The summed E-state index contributed by atoms with van der Waals surface area (Å²) in [7, 11) is 0. The lowest BCUT2D eigenvalue weighted by Gasteiger charge is -2.13. The van der Waals surface area contributed by atoms with Crippen LogP contribution in [0.5, 0.6) is 5.75 Å². The van der Waals surface area contributed by atoms with Crippen molar-refractivity contribution in [3.05, 3.63) is 29.8 Å². The average molecular weight is 373 g/mol. The van der Waals surface area contributed by atoms with E-state index in [2.05, 4.69) is 5.32 Å². The van der Waals surface area contributed by atoms with Crippen LogP contribution in [0.25, 0.3) is 0 Å². The monoisotopic (exact) mass is 372 g/mol. The van der Waals surface area contributed by atoms with Crippen LogP contribution in [0.15, 0.2) is 24.3 Å². The molecule has 0 unspecified atom stereocenters. The number of hydrogen-bond donors (Lipinski definition) is 2. The van der Waals surface area contributed by atoms with E-state index in [-0.39, 0.29) is 37.2 Å². The zero-order valence-corrected chi connectivity index (χ0v) is 14.2. The van der Waals surface area contributed by atoms with Crippen molar-refractivity contribution in [1.82, 2.24) is 5.32 Å². The smallest absolute Gasteiger partial charge is 0.416 e. The predicted molar refractivity (Wildman–Crippen MR) is 88.2 cm³/mol. The van der Waals surface area contributed by atoms with Crippen molar-refractivity contribution in [2.24, 2.45) is 5.73 Å². The number of thioether (sulfide) groups is 1. The van der Waals surface area contributed by atoms with E-state index in [0.717, 1.165) is 17.9 Å². The molecule has 9 heteroatoms. The van der Waals surface area contributed by atoms with Crippen molar-refractivity contribution in [2.75, 3.05) is 25.2 Å². The fraction of sp³-hybridized carbons (Fsp3) is 0.500. The van der Waals surface area contributed by atoms with Gasteiger partial charge in [-0.25, -0.2) is 0 Å². The summed E-state index contributed by atoms with van der Waals surface area (Å²) in [5.41, 5.74) is 4.90. The van der Waals surface area contributed by atoms with E-state index in [1.807, 2.05) is 6.26 Å². The van der Waals surface area contributed by atoms with Gasteiger partial charge in [-0.2, -0.15) is 24.9 Å². The summed E-state index contributed by atoms with van der Waals surface area (Å²) in [4.78, 5) is 11.6. The molecule has 132 valence electrons. The maximum absolute atomic E-state index is 12.5. The maximum Gasteiger partial charge on any atom is 0.416 e. The Morgan fingerprint density at radius 2 is 2.13 bits per heavy atom. The second-order valence-corrected chi connectivity index (χ2v) is 5.54. The number of ether oxygens (including phenoxy) is 1. The summed E-state index contributed by atoms with van der Waals surface area (Å²) in [5, 5.41) is 2.59. The molecule has 0 aromatic heterocycles. The van der Waals surface area contributed by atoms with Crippen LogP contribution in [0.3, 0.4) is 0 Å². The van der Waals surface area contributed by atoms with Gasteiger partial charge in [0.2, 0.25) is 5.91 Å². The molecule has 1 aromatic carbocycles. The Balaban J connectivity index is 0.00000484. The molecule has 0 radical (unpaired) electrons. The van der Waals surface area contributed by atoms with Crippen molar-refractivity contribution < 1.29 is 22.7 Å². The second-order valence-electron chi connectivity index (χ2n) is 4.55. The normalized spacial score (nSPS) is 12.2. The average Bonchev–Trinajstić information content (AvgIpc) is 2.48. The Kier molecular flexibility index (Phi) is 10.1. The van der Waals surface area contributed by atoms with E-state index < -0.39 is 17.8 Å². The van der Waals surface area contributed by atoms with Crippen molar-refractivity contribution in [2.45, 2.75) is 18.6 Å². The highest BCUT2D eigenvalue weighted by Crippen LogP contribution is 2.31. The van der Waals surface area contributed by atoms with E-state index in [4.69, 9.17) is 10.5 Å². The molecule has 3 N–H and O–H groups in total. The Bertz CT molecular complexity index is 489. The van der Waals surface area contributed by atoms with Gasteiger partial charge >= 0.3 is 6.18 Å². The second kappa shape index (κ2) is 10.6. The van der Waals surface area contributed by atoms with E-state index in [0.29, 0.717) is 6.42 Å². The van der Waals surface area contributed by atoms with Crippen LogP contribution in [-0.2, 0) is 11.0 Å². The number of carbonyl (C=O) groups is 1. The number of carbonyl (C=O) groups excluding carboxylic acids is 1. The molecular formula is C14H20ClF3N2O2S. The molecule has 4 nitrogen and oxygen atoms in total. The van der Waals surface area contributed by atoms with Gasteiger partial charge in [-0.05, 0) is 36.6 Å². The third-order valence-electron chi connectivity index (χ3n) is 2.80. The lowest BCUT2D eigenvalue weighted by atomic mass is 10.2. The van der Waals surface area contributed by atoms with Gasteiger partial charge in [-0.15, -0.1) is 12.4 Å². The lowest BCUT2D eigenvalue weighted by molar-refractivity contribution is -0.137. The highest BCUT2D eigenvalue weighted by Gasteiger charge is 2.30. The molecular weight excluding hydrogens is 353 g/mol. The molecule has 1 aromatic rings. The number of halogens is 4. The highest BCUT2D eigenvalue weighted by molar-refractivity contribution is 7.98. The quantitative estimate of drug-likeness (QED) is 0.689. The zero-order chi connectivity index (χ0) is 16.6. The van der Waals surface area contributed by atoms with E-state index in [1.54, 1.807) is 11.8 Å². The molecule has 0 spiro atoms. The summed E-state index contributed by atoms with van der Waals surface area (Å²) in [6, 6.07) is 4.02. The number of amides is 1. The first-order chi connectivity index (χ1) is 10.3. The lowest BCUT2D eigenvalue weighted by Crippen LogP contribution is -2.42. The zero-order valence-electron chi connectivity index (χ0n) is 12.6. The van der Waals surface area contributed by atoms with E-state index in [1.165, 1.54) is 12.1 Å². The molecule has 1 atom stereocenters. The first kappa shape index (κ1) is 21.9. The number of rotatable bonds is 8. The van der Waals surface area contributed by atoms with Crippen molar-refractivity contribution in [1.29, 1.82) is 0 Å². The number of nitrogens with one attached hydrogen (secondary N) is 1. The van der Waals surface area contributed by atoms with Gasteiger partial charge in [0.15, 0.2) is 0 Å². The summed E-state index contributed by atoms with van der Waals surface area (Å²) >= 11 is 1.60. The van der Waals surface area contributed by atoms with Crippen molar-refractivity contribution >= 4 is 30.1 Å². The molecule has 0 heterocycles. The third kappa shape index (κ3) is 8.34. The Morgan fingerprint density at radius 3 is 2.74 bits per heavy atom. The van der Waals surface area contributed by atoms with Gasteiger partial charge in [-0.3, -0.25) is 4.79 Å². The minimum atomic E-state index is -4.41. The van der Waals surface area contributed by atoms with Crippen molar-refractivity contribution in [3.8, 4) is 5.75 Å². The fourth-order valence-electron chi connectivity index (χ4n) is 1.61. The number of nitrogens with two attached hydrogens (primary N) is 1. The molecule has 0 aliphatic heterocycles. The van der Waals surface area contributed by atoms with Crippen LogP contribution < -0.4 is 15.8 Å². The minimum absolute atomic E-state index is 0. The number of hydrogen-bond acceptors (Lipinski definition) is 4. The molecule has 0 aliphatic carbocycles. The Labute approximate surface area is 143 Å². The Morgan fingerprint density at radius 1 is 1.43 bits per heavy atom. The number of alkyl halides is 3. The Hall–Kier alpha value is -1.12. The topological polar surface area (TPSA) is 64.4 Å². The predicted octanol–water partition coefficient (Wildman–Crippen LogP) is 2.70. The maximum atomic E-state index is 12.5. The molecule has 0 saturated carbocycles. The van der Waals surface area contributed by atoms with Gasteiger partial charge in [0.25, 0.3) is 0 Å². The molecule has 0 bridgehead atoms. The largest absolute Gasteiger partial charge is 0.492 e. The molecule has 23 heavy (non-hydrogen) atoms. The first-order valence-electron chi connectivity index (χ1n) is 6.67. The summed E-state index contributed by atoms with van der Waals surface area (Å²) in [6.07, 6.45) is -1.91. The van der Waals surface area contributed by atoms with Crippen molar-refractivity contribution in [3.63, 3.8) is 0 Å². The summed E-state index contributed by atoms with van der Waals surface area (Å²) in [6.45, 7) is 0.254. The fourth-order valence-corrected chi connectivity index (χ4v) is 2.10. The SMILES string of the molecule is CSCC[C@H](N)C(=O)NCCOc1cccc(C(F)(F)F)c1.Cl. The van der Waals surface area contributed by atoms with Gasteiger partial charge in [0.05, 0.1) is 18.2 Å². The van der Waals surface area contributed by atoms with E-state index >= 15 is 0 Å². The van der Waals surface area contributed by atoms with Crippen LogP contribution in [0.1, 0.15) is 12.0 Å². The van der Waals surface area contributed by atoms with Crippen LogP contribution in [0.4, 0.5) is 13.2 Å². The third-order valence-corrected chi connectivity index (χ3v) is 3.45. The van der Waals surface area contributed by atoms with Gasteiger partial charge in [0, 0.05) is 0 Å². The van der Waals surface area contributed by atoms with Crippen LogP contribution >= 0.6 is 24.2 Å². The number of benzene rings is 1. The summed E-state index contributed by atoms with van der Waals surface area (Å²) < 4.78 is 42.8. The molecule has 0 saturated heterocycles. The van der Waals surface area contributed by atoms with Gasteiger partial charge in [0.1, 0.15) is 12.4 Å². The van der Waals surface area contributed by atoms with Gasteiger partial charge in [-0.1, -0.05) is 6.07 Å². The first-order valence-corrected chi connectivity index (χ1v) is 8.06. The molecule has 0 fully saturated rings. The van der Waals surface area contributed by atoms with Crippen LogP contribution in [0.2, 0.25) is 0 Å². The molecule has 0 aliphatic rings. The molecule has 1 rings (SSSR count). The summed E-state index contributed by atoms with van der Waals surface area (Å²) in [5.74, 6) is 0.604. The van der Waals surface area contributed by atoms with Crippen LogP contribution in [0, 0.1) is 0 Å². The minimum Gasteiger partial charge on any atom is -0.492 e.